The number of methoxy groups -OCH3 is 2. The van der Waals surface area contributed by atoms with Crippen LogP contribution in [0, 0.1) is 6.92 Å². The number of hydrogen-bond acceptors (Lipinski definition) is 4. The molecule has 0 spiro atoms. The van der Waals surface area contributed by atoms with Gasteiger partial charge in [-0.1, -0.05) is 23.7 Å². The van der Waals surface area contributed by atoms with E-state index in [0.717, 1.165) is 29.4 Å². The van der Waals surface area contributed by atoms with E-state index in [0.29, 0.717) is 24.6 Å². The highest BCUT2D eigenvalue weighted by Crippen LogP contribution is 2.28. The van der Waals surface area contributed by atoms with E-state index in [1.54, 1.807) is 26.4 Å². The van der Waals surface area contributed by atoms with Crippen LogP contribution >= 0.6 is 11.6 Å². The van der Waals surface area contributed by atoms with Gasteiger partial charge in [-0.3, -0.25) is 4.79 Å². The molecule has 0 radical (unpaired) electrons. The van der Waals surface area contributed by atoms with Gasteiger partial charge in [-0.25, -0.2) is 0 Å². The molecule has 28 heavy (non-hydrogen) atoms. The van der Waals surface area contributed by atoms with E-state index in [4.69, 9.17) is 21.1 Å². The minimum absolute atomic E-state index is 0.0113. The molecular formula is C22H25ClN2O3. The molecule has 0 bridgehead atoms. The number of rotatable bonds is 5. The van der Waals surface area contributed by atoms with Crippen molar-refractivity contribution in [1.29, 1.82) is 0 Å². The van der Waals surface area contributed by atoms with Gasteiger partial charge in [-0.2, -0.15) is 0 Å². The van der Waals surface area contributed by atoms with Crippen LogP contribution in [0.25, 0.3) is 6.08 Å². The van der Waals surface area contributed by atoms with Crippen molar-refractivity contribution in [3.05, 3.63) is 58.6 Å². The van der Waals surface area contributed by atoms with Crippen LogP contribution in [0.5, 0.6) is 11.5 Å². The predicted molar refractivity (Wildman–Crippen MR) is 114 cm³/mol. The lowest BCUT2D eigenvalue weighted by molar-refractivity contribution is -0.126. The highest BCUT2D eigenvalue weighted by molar-refractivity contribution is 6.30. The van der Waals surface area contributed by atoms with Crippen LogP contribution in [0.4, 0.5) is 5.69 Å². The summed E-state index contributed by atoms with van der Waals surface area (Å²) in [4.78, 5) is 16.7. The Kier molecular flexibility index (Phi) is 6.47. The summed E-state index contributed by atoms with van der Waals surface area (Å²) in [5.74, 6) is 1.32. The third kappa shape index (κ3) is 4.60. The first-order valence-corrected chi connectivity index (χ1v) is 9.59. The summed E-state index contributed by atoms with van der Waals surface area (Å²) in [6, 6.07) is 11.5. The summed E-state index contributed by atoms with van der Waals surface area (Å²) in [7, 11) is 3.19. The summed E-state index contributed by atoms with van der Waals surface area (Å²) >= 11 is 6.14. The molecule has 1 fully saturated rings. The average molecular weight is 401 g/mol. The molecule has 1 amide bonds. The topological polar surface area (TPSA) is 42.0 Å². The molecule has 2 aromatic carbocycles. The summed E-state index contributed by atoms with van der Waals surface area (Å²) in [6.07, 6.45) is 3.42. The van der Waals surface area contributed by atoms with E-state index in [1.807, 2.05) is 41.3 Å². The molecule has 0 N–H and O–H groups in total. The van der Waals surface area contributed by atoms with Gasteiger partial charge < -0.3 is 19.3 Å². The van der Waals surface area contributed by atoms with Crippen molar-refractivity contribution in [2.75, 3.05) is 45.3 Å². The fourth-order valence-electron chi connectivity index (χ4n) is 3.32. The molecule has 6 heteroatoms. The van der Waals surface area contributed by atoms with E-state index in [1.165, 1.54) is 5.56 Å². The van der Waals surface area contributed by atoms with Crippen molar-refractivity contribution in [3.63, 3.8) is 0 Å². The first-order valence-electron chi connectivity index (χ1n) is 9.22. The number of hydrogen-bond donors (Lipinski definition) is 0. The van der Waals surface area contributed by atoms with Gasteiger partial charge in [0.05, 0.1) is 14.2 Å². The van der Waals surface area contributed by atoms with Crippen LogP contribution in [-0.4, -0.2) is 51.2 Å². The van der Waals surface area contributed by atoms with E-state index in [9.17, 15) is 4.79 Å². The second-order valence-corrected chi connectivity index (χ2v) is 7.13. The molecule has 0 atom stereocenters. The minimum atomic E-state index is 0.0113. The monoisotopic (exact) mass is 400 g/mol. The van der Waals surface area contributed by atoms with Crippen molar-refractivity contribution >= 4 is 29.3 Å². The predicted octanol–water partition coefficient (Wildman–Crippen LogP) is 4.03. The Morgan fingerprint density at radius 1 is 1.00 bits per heavy atom. The molecule has 0 unspecified atom stereocenters. The standard InChI is InChI=1S/C22H25ClN2O3/c1-16-4-7-18(23)15-19(16)24-10-12-25(13-11-24)22(26)9-6-17-5-8-20(27-2)21(14-17)28-3/h4-9,14-15H,10-13H2,1-3H3. The Morgan fingerprint density at radius 3 is 2.39 bits per heavy atom. The lowest BCUT2D eigenvalue weighted by Gasteiger charge is -2.36. The fourth-order valence-corrected chi connectivity index (χ4v) is 3.49. The third-order valence-electron chi connectivity index (χ3n) is 4.93. The normalized spacial score (nSPS) is 14.4. The smallest absolute Gasteiger partial charge is 0.246 e. The second kappa shape index (κ2) is 9.02. The van der Waals surface area contributed by atoms with Crippen molar-refractivity contribution < 1.29 is 14.3 Å². The van der Waals surface area contributed by atoms with Crippen molar-refractivity contribution in [2.45, 2.75) is 6.92 Å². The van der Waals surface area contributed by atoms with E-state index >= 15 is 0 Å². The van der Waals surface area contributed by atoms with Crippen LogP contribution in [0.2, 0.25) is 5.02 Å². The SMILES string of the molecule is COc1ccc(C=CC(=O)N2CCN(c3cc(Cl)ccc3C)CC2)cc1OC. The molecule has 1 saturated heterocycles. The summed E-state index contributed by atoms with van der Waals surface area (Å²) < 4.78 is 10.5. The number of anilines is 1. The van der Waals surface area contributed by atoms with Crippen LogP contribution in [0.15, 0.2) is 42.5 Å². The molecule has 1 heterocycles. The number of carbonyl (C=O) groups is 1. The van der Waals surface area contributed by atoms with Gasteiger partial charge in [-0.15, -0.1) is 0 Å². The molecular weight excluding hydrogens is 376 g/mol. The molecule has 0 aliphatic carbocycles. The third-order valence-corrected chi connectivity index (χ3v) is 5.16. The number of amides is 1. The Bertz CT molecular complexity index is 874. The van der Waals surface area contributed by atoms with Gasteiger partial charge in [0.25, 0.3) is 0 Å². The summed E-state index contributed by atoms with van der Waals surface area (Å²) in [5, 5.41) is 0.733. The quantitative estimate of drug-likeness (QED) is 0.711. The zero-order valence-corrected chi connectivity index (χ0v) is 17.2. The van der Waals surface area contributed by atoms with Crippen molar-refractivity contribution in [3.8, 4) is 11.5 Å². The summed E-state index contributed by atoms with van der Waals surface area (Å²) in [5.41, 5.74) is 3.22. The Morgan fingerprint density at radius 2 is 1.71 bits per heavy atom. The number of piperazine rings is 1. The van der Waals surface area contributed by atoms with Crippen LogP contribution < -0.4 is 14.4 Å². The van der Waals surface area contributed by atoms with Gasteiger partial charge in [0.2, 0.25) is 5.91 Å². The molecule has 5 nitrogen and oxygen atoms in total. The first-order chi connectivity index (χ1) is 13.5. The molecule has 0 saturated carbocycles. The molecule has 3 rings (SSSR count). The molecule has 148 valence electrons. The van der Waals surface area contributed by atoms with Gasteiger partial charge in [-0.05, 0) is 48.4 Å². The van der Waals surface area contributed by atoms with Gasteiger partial charge >= 0.3 is 0 Å². The zero-order chi connectivity index (χ0) is 20.1. The largest absolute Gasteiger partial charge is 0.493 e. The van der Waals surface area contributed by atoms with E-state index < -0.39 is 0 Å². The molecule has 2 aromatic rings. The maximum absolute atomic E-state index is 12.6. The van der Waals surface area contributed by atoms with Gasteiger partial charge in [0, 0.05) is 43.0 Å². The number of aryl methyl sites for hydroxylation is 1. The molecule has 0 aromatic heterocycles. The summed E-state index contributed by atoms with van der Waals surface area (Å²) in [6.45, 7) is 5.02. The maximum atomic E-state index is 12.6. The Balaban J connectivity index is 1.61. The Hall–Kier alpha value is -2.66. The number of nitrogens with zero attached hydrogens (tertiary/aromatic N) is 2. The van der Waals surface area contributed by atoms with Crippen LogP contribution in [0.1, 0.15) is 11.1 Å². The molecule has 1 aliphatic heterocycles. The minimum Gasteiger partial charge on any atom is -0.493 e. The zero-order valence-electron chi connectivity index (χ0n) is 16.4. The highest BCUT2D eigenvalue weighted by atomic mass is 35.5. The van der Waals surface area contributed by atoms with Crippen molar-refractivity contribution in [2.24, 2.45) is 0 Å². The van der Waals surface area contributed by atoms with Gasteiger partial charge in [0.1, 0.15) is 0 Å². The van der Waals surface area contributed by atoms with E-state index in [2.05, 4.69) is 11.8 Å². The number of benzene rings is 2. The average Bonchev–Trinajstić information content (AvgIpc) is 2.73. The van der Waals surface area contributed by atoms with E-state index in [-0.39, 0.29) is 5.91 Å². The van der Waals surface area contributed by atoms with Crippen LogP contribution in [-0.2, 0) is 4.79 Å². The van der Waals surface area contributed by atoms with Crippen molar-refractivity contribution in [1.82, 2.24) is 4.90 Å². The fraction of sp³-hybridized carbons (Fsp3) is 0.318. The molecule has 1 aliphatic rings. The second-order valence-electron chi connectivity index (χ2n) is 6.69. The van der Waals surface area contributed by atoms with Crippen LogP contribution in [0.3, 0.4) is 0 Å². The number of carbonyl (C=O) groups excluding carboxylic acids is 1. The first kappa shape index (κ1) is 20.1. The van der Waals surface area contributed by atoms with Gasteiger partial charge in [0.15, 0.2) is 11.5 Å². The number of halogens is 1. The number of ether oxygens (including phenoxy) is 2. The Labute approximate surface area is 171 Å². The lowest BCUT2D eigenvalue weighted by Crippen LogP contribution is -2.48. The highest BCUT2D eigenvalue weighted by Gasteiger charge is 2.21. The lowest BCUT2D eigenvalue weighted by atomic mass is 10.1. The maximum Gasteiger partial charge on any atom is 0.246 e.